The van der Waals surface area contributed by atoms with Gasteiger partial charge in [-0.1, -0.05) is 59.7 Å². The van der Waals surface area contributed by atoms with Crippen LogP contribution in [0.2, 0.25) is 0 Å². The van der Waals surface area contributed by atoms with Crippen molar-refractivity contribution < 1.29 is 56.2 Å². The molecule has 0 N–H and O–H groups in total. The first-order valence-electron chi connectivity index (χ1n) is 12.9. The minimum Gasteiger partial charge on any atom is -0.872 e. The molecule has 10 nitrogen and oxygen atoms in total. The van der Waals surface area contributed by atoms with Gasteiger partial charge in [0.25, 0.3) is 0 Å². The Labute approximate surface area is 258 Å². The van der Waals surface area contributed by atoms with Crippen molar-refractivity contribution in [1.82, 2.24) is 19.8 Å². The van der Waals surface area contributed by atoms with Crippen molar-refractivity contribution in [3.05, 3.63) is 119 Å². The molecule has 4 aromatic rings. The van der Waals surface area contributed by atoms with Crippen LogP contribution in [0.15, 0.2) is 85.2 Å². The van der Waals surface area contributed by atoms with Crippen molar-refractivity contribution >= 4 is 0 Å². The maximum Gasteiger partial charge on any atom is 5.00 e. The summed E-state index contributed by atoms with van der Waals surface area (Å²) < 4.78 is 34.0. The fraction of sp³-hybridized carbons (Fsp3) is 0.267. The van der Waals surface area contributed by atoms with Gasteiger partial charge in [-0.25, -0.2) is 18.6 Å². The molecule has 0 aliphatic carbocycles. The first-order valence-corrected chi connectivity index (χ1v) is 14.1. The molecule has 0 bridgehead atoms. The van der Waals surface area contributed by atoms with Crippen molar-refractivity contribution in [3.8, 4) is 11.5 Å². The van der Waals surface area contributed by atoms with Gasteiger partial charge >= 0.3 is 17.1 Å². The van der Waals surface area contributed by atoms with Crippen LogP contribution in [0.4, 0.5) is 0 Å². The van der Waals surface area contributed by atoms with E-state index in [1.807, 2.05) is 74.5 Å². The van der Waals surface area contributed by atoms with E-state index < -0.39 is 10.2 Å². The van der Waals surface area contributed by atoms with Gasteiger partial charge in [0.1, 0.15) is 0 Å². The second-order valence-corrected chi connectivity index (χ2v) is 10.4. The number of halogens is 1. The maximum atomic E-state index is 12.6. The summed E-state index contributed by atoms with van der Waals surface area (Å²) in [5.41, 5.74) is 5.61. The summed E-state index contributed by atoms with van der Waals surface area (Å²) in [6, 6.07) is 22.7. The first kappa shape index (κ1) is 35.1. The van der Waals surface area contributed by atoms with Crippen LogP contribution in [-0.4, -0.2) is 32.9 Å². The van der Waals surface area contributed by atoms with Crippen molar-refractivity contribution in [3.63, 3.8) is 0 Å². The van der Waals surface area contributed by atoms with Crippen LogP contribution in [0.5, 0.6) is 11.5 Å². The van der Waals surface area contributed by atoms with E-state index in [-0.39, 0.29) is 28.6 Å². The summed E-state index contributed by atoms with van der Waals surface area (Å²) in [6.45, 7) is 7.74. The number of aromatic nitrogens is 2. The number of nitrogens with zero attached hydrogens (tertiary/aromatic N) is 4. The summed E-state index contributed by atoms with van der Waals surface area (Å²) in [5.74, 6) is 0.0976. The molecule has 221 valence electrons. The monoisotopic (exact) mass is 635 g/mol. The molecule has 12 heteroatoms. The van der Waals surface area contributed by atoms with Gasteiger partial charge in [-0.15, -0.1) is 21.7 Å². The average Bonchev–Trinajstić information content (AvgIpc) is 2.91. The molecule has 2 heterocycles. The SMILES string of the molecule is Cc1ccc([O-])c(CN(CCN(Cc2ccccn2)Cc2cc(C)ccc2[O-])Cc2ccccn2)c1.[Fe+5].[O-][Cl+3]([O-])([O-])[O-]. The Bertz CT molecular complexity index is 1260. The Kier molecular flexibility index (Phi) is 14.3. The van der Waals surface area contributed by atoms with E-state index >= 15 is 0 Å². The van der Waals surface area contributed by atoms with Gasteiger partial charge in [-0.2, -0.15) is 0 Å². The van der Waals surface area contributed by atoms with Crippen LogP contribution in [0, 0.1) is 24.1 Å². The van der Waals surface area contributed by atoms with Crippen molar-refractivity contribution in [1.29, 1.82) is 0 Å². The molecule has 0 spiro atoms. The molecule has 1 radical (unpaired) electrons. The Morgan fingerprint density at radius 1 is 0.595 bits per heavy atom. The van der Waals surface area contributed by atoms with Gasteiger partial charge in [0, 0.05) is 51.7 Å². The Balaban J connectivity index is 0.000000947. The van der Waals surface area contributed by atoms with Gasteiger partial charge in [0.15, 0.2) is 0 Å². The van der Waals surface area contributed by atoms with Crippen LogP contribution in [0.3, 0.4) is 0 Å². The van der Waals surface area contributed by atoms with E-state index in [9.17, 15) is 10.2 Å². The zero-order chi connectivity index (χ0) is 29.8. The maximum absolute atomic E-state index is 12.6. The molecule has 0 saturated carbocycles. The number of hydrogen-bond acceptors (Lipinski definition) is 10. The van der Waals surface area contributed by atoms with Crippen LogP contribution < -0.4 is 28.8 Å². The molecule has 2 aromatic carbocycles. The number of benzene rings is 2. The van der Waals surface area contributed by atoms with Crippen molar-refractivity contribution in [2.45, 2.75) is 40.0 Å². The second-order valence-electron chi connectivity index (χ2n) is 9.66. The predicted octanol–water partition coefficient (Wildman–Crippen LogP) is -0.813. The minimum atomic E-state index is -4.94. The summed E-state index contributed by atoms with van der Waals surface area (Å²) >= 11 is 0. The number of pyridine rings is 2. The quantitative estimate of drug-likeness (QED) is 0.190. The number of rotatable bonds is 11. The summed E-state index contributed by atoms with van der Waals surface area (Å²) in [5, 5.41) is 25.1. The third-order valence-electron chi connectivity index (χ3n) is 6.18. The first-order chi connectivity index (χ1) is 19.5. The standard InChI is InChI=1S/C30H34N4O2.ClHO4.Fe/c1-23-9-11-29(35)25(17-23)19-33(21-27-7-3-5-13-31-27)15-16-34(22-28-8-4-6-14-32-28)20-26-18-24(2)10-12-30(26)36;2-1(3,4)5;/h3-14,17-18,35-36H,15-16,19-22H2,1-2H3;(H,2,3,4,5);/q;;+5/p-3. The fourth-order valence-electron chi connectivity index (χ4n) is 4.30. The van der Waals surface area contributed by atoms with Gasteiger partial charge in [0.2, 0.25) is 0 Å². The van der Waals surface area contributed by atoms with E-state index in [2.05, 4.69) is 19.8 Å². The van der Waals surface area contributed by atoms with Crippen LogP contribution in [0.1, 0.15) is 33.6 Å². The molecule has 42 heavy (non-hydrogen) atoms. The predicted molar refractivity (Wildman–Crippen MR) is 138 cm³/mol. The third kappa shape index (κ3) is 13.3. The minimum absolute atomic E-state index is 0. The Hall–Kier alpha value is -3.09. The molecule has 0 aliphatic heterocycles. The normalized spacial score (nSPS) is 11.1. The van der Waals surface area contributed by atoms with Gasteiger partial charge < -0.3 is 10.2 Å². The van der Waals surface area contributed by atoms with Crippen molar-refractivity contribution in [2.75, 3.05) is 13.1 Å². The van der Waals surface area contributed by atoms with Crippen LogP contribution >= 0.6 is 0 Å². The largest absolute Gasteiger partial charge is 5.00 e. The van der Waals surface area contributed by atoms with E-state index in [0.29, 0.717) is 39.3 Å². The third-order valence-corrected chi connectivity index (χ3v) is 6.18. The fourth-order valence-corrected chi connectivity index (χ4v) is 4.30. The Morgan fingerprint density at radius 3 is 1.31 bits per heavy atom. The number of hydrogen-bond donors (Lipinski definition) is 0. The second kappa shape index (κ2) is 17.1. The molecular weight excluding hydrogens is 604 g/mol. The Morgan fingerprint density at radius 2 is 0.976 bits per heavy atom. The molecular formula is C30H32ClFeN4O6+2. The van der Waals surface area contributed by atoms with E-state index in [1.165, 1.54) is 0 Å². The summed E-state index contributed by atoms with van der Waals surface area (Å²) in [7, 11) is -4.94. The molecule has 0 unspecified atom stereocenters. The van der Waals surface area contributed by atoms with E-state index in [0.717, 1.165) is 33.6 Å². The van der Waals surface area contributed by atoms with E-state index in [4.69, 9.17) is 18.6 Å². The number of aryl methyl sites for hydroxylation is 2. The van der Waals surface area contributed by atoms with Gasteiger partial charge in [0.05, 0.1) is 11.4 Å². The van der Waals surface area contributed by atoms with Crippen molar-refractivity contribution in [2.24, 2.45) is 0 Å². The zero-order valence-corrected chi connectivity index (χ0v) is 25.2. The summed E-state index contributed by atoms with van der Waals surface area (Å²) in [4.78, 5) is 13.5. The molecule has 0 saturated heterocycles. The molecule has 0 atom stereocenters. The molecule has 0 aliphatic rings. The average molecular weight is 636 g/mol. The van der Waals surface area contributed by atoms with Crippen LogP contribution in [-0.2, 0) is 43.2 Å². The molecule has 0 fully saturated rings. The topological polar surface area (TPSA) is 171 Å². The van der Waals surface area contributed by atoms with Gasteiger partial charge in [-0.3, -0.25) is 19.8 Å². The van der Waals surface area contributed by atoms with E-state index in [1.54, 1.807) is 24.5 Å². The zero-order valence-electron chi connectivity index (χ0n) is 23.3. The summed E-state index contributed by atoms with van der Waals surface area (Å²) in [6.07, 6.45) is 3.58. The molecule has 0 amide bonds. The molecule has 4 rings (SSSR count). The smallest absolute Gasteiger partial charge is 0.872 e. The van der Waals surface area contributed by atoms with Gasteiger partial charge in [-0.05, 0) is 49.2 Å². The molecule has 2 aromatic heterocycles. The van der Waals surface area contributed by atoms with Crippen LogP contribution in [0.25, 0.3) is 0 Å².